The van der Waals surface area contributed by atoms with Gasteiger partial charge in [0.25, 0.3) is 5.69 Å². The van der Waals surface area contributed by atoms with Crippen LogP contribution in [0.3, 0.4) is 0 Å². The number of nitro benzene ring substituents is 1. The molecule has 0 fully saturated rings. The van der Waals surface area contributed by atoms with E-state index in [0.29, 0.717) is 0 Å². The highest BCUT2D eigenvalue weighted by Gasteiger charge is 2.31. The molecule has 0 unspecified atom stereocenters. The summed E-state index contributed by atoms with van der Waals surface area (Å²) < 4.78 is 66.8. The van der Waals surface area contributed by atoms with Crippen LogP contribution in [0.1, 0.15) is 0 Å². The molecule has 0 saturated carbocycles. The van der Waals surface area contributed by atoms with Gasteiger partial charge in [0.15, 0.2) is 23.3 Å². The van der Waals surface area contributed by atoms with E-state index in [1.165, 1.54) is 0 Å². The summed E-state index contributed by atoms with van der Waals surface area (Å²) in [6.07, 6.45) is 0. The molecule has 0 atom stereocenters. The van der Waals surface area contributed by atoms with Crippen molar-refractivity contribution in [2.75, 3.05) is 0 Å². The first kappa shape index (κ1) is 15.2. The smallest absolute Gasteiger partial charge is 0.258 e. The lowest BCUT2D eigenvalue weighted by Crippen LogP contribution is -2.05. The van der Waals surface area contributed by atoms with Gasteiger partial charge >= 0.3 is 0 Å². The summed E-state index contributed by atoms with van der Waals surface area (Å²) in [6, 6.07) is 2.97. The fraction of sp³-hybridized carbons (Fsp3) is 0. The second-order valence-corrected chi connectivity index (χ2v) is 4.24. The van der Waals surface area contributed by atoms with Gasteiger partial charge in [-0.1, -0.05) is 17.7 Å². The van der Waals surface area contributed by atoms with E-state index in [1.54, 1.807) is 0 Å². The molecule has 0 spiro atoms. The van der Waals surface area contributed by atoms with E-state index >= 15 is 0 Å². The van der Waals surface area contributed by atoms with Crippen LogP contribution in [-0.4, -0.2) is 4.92 Å². The molecule has 21 heavy (non-hydrogen) atoms. The summed E-state index contributed by atoms with van der Waals surface area (Å²) in [7, 11) is 0. The quantitative estimate of drug-likeness (QED) is 0.266. The monoisotopic (exact) mass is 323 g/mol. The maximum atomic E-state index is 13.7. The molecule has 0 N–H and O–H groups in total. The minimum atomic E-state index is -2.36. The number of nitrogens with zero attached hydrogens (tertiary/aromatic N) is 1. The van der Waals surface area contributed by atoms with Crippen molar-refractivity contribution in [3.8, 4) is 11.1 Å². The molecule has 3 nitrogen and oxygen atoms in total. The van der Waals surface area contributed by atoms with Crippen molar-refractivity contribution in [3.05, 3.63) is 62.4 Å². The summed E-state index contributed by atoms with van der Waals surface area (Å²) in [5.74, 6) is -11.2. The lowest BCUT2D eigenvalue weighted by Gasteiger charge is -2.10. The van der Waals surface area contributed by atoms with Crippen LogP contribution in [0.25, 0.3) is 11.1 Å². The van der Waals surface area contributed by atoms with Crippen LogP contribution in [0.5, 0.6) is 0 Å². The van der Waals surface area contributed by atoms with Gasteiger partial charge in [-0.15, -0.1) is 0 Å². The van der Waals surface area contributed by atoms with Crippen molar-refractivity contribution in [1.82, 2.24) is 0 Å². The first-order valence-electron chi connectivity index (χ1n) is 5.22. The standard InChI is InChI=1S/C12H3ClF5NO2/c13-4-2-1-3-5(19(20)21)6(4)7-8(14)10(16)12(18)11(17)9(7)15/h1-3H. The number of rotatable bonds is 2. The van der Waals surface area contributed by atoms with Gasteiger partial charge in [-0.05, 0) is 6.07 Å². The molecule has 0 bridgehead atoms. The molecule has 0 aliphatic heterocycles. The van der Waals surface area contributed by atoms with Crippen LogP contribution in [-0.2, 0) is 0 Å². The molecule has 0 amide bonds. The van der Waals surface area contributed by atoms with Crippen molar-refractivity contribution < 1.29 is 26.9 Å². The average Bonchev–Trinajstić information content (AvgIpc) is 2.44. The molecule has 0 saturated heterocycles. The van der Waals surface area contributed by atoms with E-state index in [-0.39, 0.29) is 0 Å². The Morgan fingerprint density at radius 2 is 1.33 bits per heavy atom. The van der Waals surface area contributed by atoms with Gasteiger partial charge in [-0.2, -0.15) is 0 Å². The third kappa shape index (κ3) is 2.31. The molecule has 0 radical (unpaired) electrons. The van der Waals surface area contributed by atoms with Crippen LogP contribution in [0.4, 0.5) is 27.6 Å². The minimum Gasteiger partial charge on any atom is -0.258 e. The van der Waals surface area contributed by atoms with Gasteiger partial charge in [0.2, 0.25) is 5.82 Å². The van der Waals surface area contributed by atoms with Crippen LogP contribution in [0.2, 0.25) is 5.02 Å². The molecule has 0 heterocycles. The summed E-state index contributed by atoms with van der Waals surface area (Å²) in [5, 5.41) is 10.3. The lowest BCUT2D eigenvalue weighted by atomic mass is 10.0. The second kappa shape index (κ2) is 5.28. The Kier molecular flexibility index (Phi) is 3.82. The zero-order valence-corrected chi connectivity index (χ0v) is 10.5. The zero-order valence-electron chi connectivity index (χ0n) is 9.76. The van der Waals surface area contributed by atoms with E-state index in [4.69, 9.17) is 11.6 Å². The largest absolute Gasteiger partial charge is 0.278 e. The molecule has 9 heteroatoms. The van der Waals surface area contributed by atoms with Crippen LogP contribution >= 0.6 is 11.6 Å². The normalized spacial score (nSPS) is 10.8. The molecule has 110 valence electrons. The molecule has 0 aliphatic rings. The Bertz CT molecular complexity index is 737. The first-order valence-corrected chi connectivity index (χ1v) is 5.59. The Morgan fingerprint density at radius 1 is 0.857 bits per heavy atom. The highest BCUT2D eigenvalue weighted by Crippen LogP contribution is 2.40. The van der Waals surface area contributed by atoms with E-state index in [2.05, 4.69) is 0 Å². The fourth-order valence-corrected chi connectivity index (χ4v) is 2.00. The maximum Gasteiger partial charge on any atom is 0.278 e. The summed E-state index contributed by atoms with van der Waals surface area (Å²) in [4.78, 5) is 9.80. The van der Waals surface area contributed by atoms with Gasteiger partial charge in [0, 0.05) is 6.07 Å². The molecule has 2 rings (SSSR count). The van der Waals surface area contributed by atoms with Crippen molar-refractivity contribution in [2.24, 2.45) is 0 Å². The Morgan fingerprint density at radius 3 is 1.81 bits per heavy atom. The average molecular weight is 324 g/mol. The van der Waals surface area contributed by atoms with Crippen LogP contribution < -0.4 is 0 Å². The second-order valence-electron chi connectivity index (χ2n) is 3.84. The molecule has 0 aliphatic carbocycles. The SMILES string of the molecule is O=[N+]([O-])c1cccc(Cl)c1-c1c(F)c(F)c(F)c(F)c1F. The van der Waals surface area contributed by atoms with Crippen molar-refractivity contribution in [3.63, 3.8) is 0 Å². The van der Waals surface area contributed by atoms with Gasteiger partial charge in [0.1, 0.15) is 0 Å². The summed E-state index contributed by atoms with van der Waals surface area (Å²) in [5.41, 5.74) is -3.20. The predicted octanol–water partition coefficient (Wildman–Crippen LogP) is 4.61. The van der Waals surface area contributed by atoms with Crippen molar-refractivity contribution in [1.29, 1.82) is 0 Å². The Balaban J connectivity index is 2.96. The number of hydrogen-bond donors (Lipinski definition) is 0. The molecule has 2 aromatic carbocycles. The van der Waals surface area contributed by atoms with E-state index in [9.17, 15) is 32.1 Å². The number of benzene rings is 2. The van der Waals surface area contributed by atoms with Gasteiger partial charge in [0.05, 0.1) is 21.1 Å². The molecule has 2 aromatic rings. The Labute approximate surface area is 118 Å². The van der Waals surface area contributed by atoms with E-state index in [0.717, 1.165) is 18.2 Å². The van der Waals surface area contributed by atoms with Crippen molar-refractivity contribution in [2.45, 2.75) is 0 Å². The third-order valence-corrected chi connectivity index (χ3v) is 2.96. The topological polar surface area (TPSA) is 43.1 Å². The van der Waals surface area contributed by atoms with Gasteiger partial charge in [-0.25, -0.2) is 22.0 Å². The first-order chi connectivity index (χ1) is 9.77. The zero-order chi connectivity index (χ0) is 15.9. The minimum absolute atomic E-state index is 0.521. The third-order valence-electron chi connectivity index (χ3n) is 2.65. The van der Waals surface area contributed by atoms with E-state index in [1.807, 2.05) is 0 Å². The summed E-state index contributed by atoms with van der Waals surface area (Å²) in [6.45, 7) is 0. The molecule has 0 aromatic heterocycles. The fourth-order valence-electron chi connectivity index (χ4n) is 1.74. The van der Waals surface area contributed by atoms with Crippen LogP contribution in [0.15, 0.2) is 18.2 Å². The Hall–Kier alpha value is -2.22. The molecular weight excluding hydrogens is 321 g/mol. The van der Waals surface area contributed by atoms with Gasteiger partial charge < -0.3 is 0 Å². The van der Waals surface area contributed by atoms with Crippen molar-refractivity contribution >= 4 is 17.3 Å². The number of hydrogen-bond acceptors (Lipinski definition) is 2. The van der Waals surface area contributed by atoms with Crippen LogP contribution in [0, 0.1) is 39.2 Å². The maximum absolute atomic E-state index is 13.7. The molecular formula is C12H3ClF5NO2. The number of halogens is 6. The number of nitro groups is 1. The predicted molar refractivity (Wildman–Crippen MR) is 63.3 cm³/mol. The lowest BCUT2D eigenvalue weighted by molar-refractivity contribution is -0.384. The highest BCUT2D eigenvalue weighted by atomic mass is 35.5. The van der Waals surface area contributed by atoms with Gasteiger partial charge in [-0.3, -0.25) is 10.1 Å². The summed E-state index contributed by atoms with van der Waals surface area (Å²) >= 11 is 5.62. The highest BCUT2D eigenvalue weighted by molar-refractivity contribution is 6.33. The van der Waals surface area contributed by atoms with E-state index < -0.39 is 55.8 Å².